The van der Waals surface area contributed by atoms with Crippen molar-refractivity contribution in [3.05, 3.63) is 34.3 Å². The van der Waals surface area contributed by atoms with Gasteiger partial charge in [-0.15, -0.1) is 0 Å². The van der Waals surface area contributed by atoms with E-state index in [1.165, 1.54) is 44.2 Å². The maximum atomic E-state index is 11.6. The molecule has 2 heterocycles. The number of hydrogen-bond donors (Lipinski definition) is 2. The zero-order valence-electron chi connectivity index (χ0n) is 14.9. The van der Waals surface area contributed by atoms with Crippen molar-refractivity contribution < 1.29 is 0 Å². The summed E-state index contributed by atoms with van der Waals surface area (Å²) in [6.07, 6.45) is 10.4. The molecule has 7 nitrogen and oxygen atoms in total. The third-order valence-electron chi connectivity index (χ3n) is 5.80. The van der Waals surface area contributed by atoms with Crippen LogP contribution >= 0.6 is 0 Å². The van der Waals surface area contributed by atoms with Crippen LogP contribution in [0.1, 0.15) is 50.0 Å². The molecule has 0 aromatic carbocycles. The highest BCUT2D eigenvalue weighted by Gasteiger charge is 2.27. The van der Waals surface area contributed by atoms with E-state index in [0.717, 1.165) is 31.3 Å². The molecule has 2 saturated carbocycles. The first-order chi connectivity index (χ1) is 12.2. The van der Waals surface area contributed by atoms with Gasteiger partial charge in [-0.1, -0.05) is 12.8 Å². The molecular formula is C18H28N6O. The molecule has 2 fully saturated rings. The van der Waals surface area contributed by atoms with Gasteiger partial charge in [-0.05, 0) is 43.6 Å². The molecular weight excluding hydrogens is 316 g/mol. The molecule has 2 aliphatic rings. The standard InChI is InChI=1S/C18H28N6O/c1-23-17(21-22-18(23)25)10-14-4-2-3-5-16(14)19-11-15-8-9-20-24(15)12-13-6-7-13/h8-9,13-14,16,19H,2-7,10-12H2,1H3,(H,22,25)/t14-,16-/m1/s1. The molecule has 0 unspecified atom stereocenters. The van der Waals surface area contributed by atoms with Gasteiger partial charge in [0.25, 0.3) is 0 Å². The van der Waals surface area contributed by atoms with E-state index in [1.807, 2.05) is 6.20 Å². The van der Waals surface area contributed by atoms with Crippen molar-refractivity contribution in [3.8, 4) is 0 Å². The molecule has 0 aliphatic heterocycles. The van der Waals surface area contributed by atoms with Crippen molar-refractivity contribution in [2.24, 2.45) is 18.9 Å². The molecule has 136 valence electrons. The summed E-state index contributed by atoms with van der Waals surface area (Å²) >= 11 is 0. The molecule has 0 bridgehead atoms. The number of rotatable bonds is 7. The molecule has 4 rings (SSSR count). The van der Waals surface area contributed by atoms with E-state index in [2.05, 4.69) is 31.4 Å². The smallest absolute Gasteiger partial charge is 0.308 e. The Hall–Kier alpha value is -1.89. The first-order valence-corrected chi connectivity index (χ1v) is 9.55. The molecule has 25 heavy (non-hydrogen) atoms. The van der Waals surface area contributed by atoms with Crippen LogP contribution in [0.4, 0.5) is 0 Å². The molecule has 2 atom stereocenters. The summed E-state index contributed by atoms with van der Waals surface area (Å²) in [7, 11) is 1.79. The fraction of sp³-hybridized carbons (Fsp3) is 0.722. The summed E-state index contributed by atoms with van der Waals surface area (Å²) in [5.41, 5.74) is 1.16. The van der Waals surface area contributed by atoms with Crippen LogP contribution in [0.3, 0.4) is 0 Å². The lowest BCUT2D eigenvalue weighted by molar-refractivity contribution is 0.253. The Morgan fingerprint density at radius 2 is 2.12 bits per heavy atom. The Morgan fingerprint density at radius 1 is 1.28 bits per heavy atom. The van der Waals surface area contributed by atoms with Gasteiger partial charge in [-0.3, -0.25) is 9.25 Å². The van der Waals surface area contributed by atoms with E-state index in [-0.39, 0.29) is 5.69 Å². The van der Waals surface area contributed by atoms with E-state index in [9.17, 15) is 4.79 Å². The maximum Gasteiger partial charge on any atom is 0.343 e. The van der Waals surface area contributed by atoms with Crippen LogP contribution in [0.15, 0.2) is 17.1 Å². The van der Waals surface area contributed by atoms with Gasteiger partial charge in [-0.25, -0.2) is 9.89 Å². The molecule has 7 heteroatoms. The summed E-state index contributed by atoms with van der Waals surface area (Å²) < 4.78 is 3.80. The monoisotopic (exact) mass is 344 g/mol. The Bertz CT molecular complexity index is 756. The number of hydrogen-bond acceptors (Lipinski definition) is 4. The second-order valence-electron chi connectivity index (χ2n) is 7.69. The van der Waals surface area contributed by atoms with Crippen LogP contribution in [-0.2, 0) is 26.6 Å². The summed E-state index contributed by atoms with van der Waals surface area (Å²) in [4.78, 5) is 11.6. The molecule has 0 saturated heterocycles. The molecule has 2 aliphatic carbocycles. The first-order valence-electron chi connectivity index (χ1n) is 9.55. The normalized spacial score (nSPS) is 23.9. The fourth-order valence-corrected chi connectivity index (χ4v) is 3.97. The van der Waals surface area contributed by atoms with E-state index in [4.69, 9.17) is 0 Å². The predicted octanol–water partition coefficient (Wildman–Crippen LogP) is 1.61. The number of aromatic amines is 1. The first kappa shape index (κ1) is 16.6. The van der Waals surface area contributed by atoms with E-state index < -0.39 is 0 Å². The van der Waals surface area contributed by atoms with Crippen molar-refractivity contribution >= 4 is 0 Å². The fourth-order valence-electron chi connectivity index (χ4n) is 3.97. The van der Waals surface area contributed by atoms with Gasteiger partial charge in [0.1, 0.15) is 5.82 Å². The maximum absolute atomic E-state index is 11.6. The summed E-state index contributed by atoms with van der Waals surface area (Å²) in [6.45, 7) is 1.93. The minimum atomic E-state index is -0.126. The summed E-state index contributed by atoms with van der Waals surface area (Å²) in [6, 6.07) is 2.61. The molecule has 0 radical (unpaired) electrons. The predicted molar refractivity (Wildman–Crippen MR) is 95.1 cm³/mol. The highest BCUT2D eigenvalue weighted by Crippen LogP contribution is 2.31. The number of aromatic nitrogens is 5. The Morgan fingerprint density at radius 3 is 2.88 bits per heavy atom. The number of H-pyrrole nitrogens is 1. The van der Waals surface area contributed by atoms with Gasteiger partial charge in [0, 0.05) is 38.8 Å². The number of nitrogens with zero attached hydrogens (tertiary/aromatic N) is 4. The van der Waals surface area contributed by atoms with Gasteiger partial charge in [-0.2, -0.15) is 10.2 Å². The second kappa shape index (κ2) is 7.15. The summed E-state index contributed by atoms with van der Waals surface area (Å²) in [5.74, 6) is 2.23. The van der Waals surface area contributed by atoms with E-state index in [1.54, 1.807) is 11.6 Å². The van der Waals surface area contributed by atoms with Crippen LogP contribution in [0.25, 0.3) is 0 Å². The lowest BCUT2D eigenvalue weighted by atomic mass is 9.82. The van der Waals surface area contributed by atoms with Gasteiger partial charge in [0.15, 0.2) is 0 Å². The zero-order chi connectivity index (χ0) is 17.2. The topological polar surface area (TPSA) is 80.5 Å². The lowest BCUT2D eigenvalue weighted by Crippen LogP contribution is -2.40. The highest BCUT2D eigenvalue weighted by atomic mass is 16.1. The molecule has 2 aromatic heterocycles. The third-order valence-corrected chi connectivity index (χ3v) is 5.80. The van der Waals surface area contributed by atoms with Crippen molar-refractivity contribution in [2.45, 2.75) is 64.1 Å². The molecule has 2 aromatic rings. The van der Waals surface area contributed by atoms with Crippen molar-refractivity contribution in [2.75, 3.05) is 0 Å². The Kier molecular flexibility index (Phi) is 4.74. The van der Waals surface area contributed by atoms with Crippen molar-refractivity contribution in [3.63, 3.8) is 0 Å². The van der Waals surface area contributed by atoms with E-state index in [0.29, 0.717) is 12.0 Å². The Labute approximate surface area is 147 Å². The molecule has 2 N–H and O–H groups in total. The average Bonchev–Trinajstić information content (AvgIpc) is 3.25. The van der Waals surface area contributed by atoms with E-state index >= 15 is 0 Å². The van der Waals surface area contributed by atoms with Crippen molar-refractivity contribution in [1.82, 2.24) is 29.9 Å². The SMILES string of the molecule is Cn1c(C[C@H]2CCCC[C@H]2NCc2ccnn2CC2CC2)n[nH]c1=O. The quantitative estimate of drug-likeness (QED) is 0.799. The molecule has 0 spiro atoms. The average molecular weight is 344 g/mol. The Balaban J connectivity index is 1.38. The van der Waals surface area contributed by atoms with Gasteiger partial charge in [0.2, 0.25) is 0 Å². The van der Waals surface area contributed by atoms with Crippen LogP contribution in [0.2, 0.25) is 0 Å². The highest BCUT2D eigenvalue weighted by molar-refractivity contribution is 5.02. The van der Waals surface area contributed by atoms with Crippen molar-refractivity contribution in [1.29, 1.82) is 0 Å². The van der Waals surface area contributed by atoms with Gasteiger partial charge < -0.3 is 5.32 Å². The minimum Gasteiger partial charge on any atom is -0.308 e. The number of nitrogens with one attached hydrogen (secondary N) is 2. The third kappa shape index (κ3) is 3.86. The van der Waals surface area contributed by atoms with Gasteiger partial charge >= 0.3 is 5.69 Å². The van der Waals surface area contributed by atoms with Crippen LogP contribution in [0, 0.1) is 11.8 Å². The largest absolute Gasteiger partial charge is 0.343 e. The molecule has 0 amide bonds. The lowest BCUT2D eigenvalue weighted by Gasteiger charge is -2.32. The second-order valence-corrected chi connectivity index (χ2v) is 7.69. The summed E-state index contributed by atoms with van der Waals surface area (Å²) in [5, 5.41) is 15.0. The van der Waals surface area contributed by atoms with Gasteiger partial charge in [0.05, 0.1) is 5.69 Å². The minimum absolute atomic E-state index is 0.126. The van der Waals surface area contributed by atoms with Crippen LogP contribution < -0.4 is 11.0 Å². The zero-order valence-corrected chi connectivity index (χ0v) is 14.9. The van der Waals surface area contributed by atoms with Crippen LogP contribution in [0.5, 0.6) is 0 Å². The van der Waals surface area contributed by atoms with Crippen LogP contribution in [-0.4, -0.2) is 30.6 Å².